The Kier molecular flexibility index (Phi) is 5.00. The molecule has 7 heteroatoms. The molecule has 0 fully saturated rings. The van der Waals surface area contributed by atoms with Crippen molar-refractivity contribution >= 4 is 71.0 Å². The Hall–Kier alpha value is -0.430. The fraction of sp³-hybridized carbons (Fsp3) is 0. The highest BCUT2D eigenvalue weighted by Crippen LogP contribution is 2.34. The van der Waals surface area contributed by atoms with Crippen LogP contribution >= 0.6 is 59.4 Å². The molecule has 0 aliphatic carbocycles. The van der Waals surface area contributed by atoms with E-state index in [1.165, 1.54) is 12.3 Å². The highest BCUT2D eigenvalue weighted by molar-refractivity contribution is 9.11. The fourth-order valence-electron chi connectivity index (χ4n) is 1.37. The Morgan fingerprint density at radius 2 is 1.79 bits per heavy atom. The number of benzene rings is 1. The van der Waals surface area contributed by atoms with Crippen LogP contribution in [0.25, 0.3) is 0 Å². The van der Waals surface area contributed by atoms with Crippen LogP contribution in [0.3, 0.4) is 0 Å². The van der Waals surface area contributed by atoms with Gasteiger partial charge in [-0.15, -0.1) is 0 Å². The summed E-state index contributed by atoms with van der Waals surface area (Å²) in [5.74, 6) is -0.328. The number of carbonyl (C=O) groups excluding carboxylic acids is 1. The average Bonchev–Trinajstić information content (AvgIpc) is 2.33. The summed E-state index contributed by atoms with van der Waals surface area (Å²) >= 11 is 16.0. The van der Waals surface area contributed by atoms with Gasteiger partial charge in [-0.3, -0.25) is 9.78 Å². The molecule has 0 spiro atoms. The number of amides is 1. The molecule has 1 amide bonds. The maximum Gasteiger partial charge on any atom is 0.274 e. The number of rotatable bonds is 2. The molecule has 19 heavy (non-hydrogen) atoms. The predicted molar refractivity (Wildman–Crippen MR) is 86.7 cm³/mol. The molecule has 0 saturated heterocycles. The number of carbonyl (C=O) groups is 1. The zero-order valence-corrected chi connectivity index (χ0v) is 14.8. The van der Waals surface area contributed by atoms with Crippen LogP contribution in [-0.2, 0) is 0 Å². The first-order valence-corrected chi connectivity index (χ1v) is 7.80. The topological polar surface area (TPSA) is 42.0 Å². The Morgan fingerprint density at radius 1 is 1.16 bits per heavy atom. The first-order chi connectivity index (χ1) is 8.97. The highest BCUT2D eigenvalue weighted by Gasteiger charge is 2.13. The molecule has 1 aromatic carbocycles. The second-order valence-corrected chi connectivity index (χ2v) is 6.62. The number of nitrogens with one attached hydrogen (secondary N) is 1. The van der Waals surface area contributed by atoms with E-state index >= 15 is 0 Å². The van der Waals surface area contributed by atoms with Gasteiger partial charge in [-0.2, -0.15) is 0 Å². The minimum atomic E-state index is -0.328. The summed E-state index contributed by atoms with van der Waals surface area (Å²) in [5, 5.41) is 3.24. The molecule has 0 aliphatic heterocycles. The van der Waals surface area contributed by atoms with Gasteiger partial charge < -0.3 is 5.32 Å². The molecule has 1 N–H and O–H groups in total. The van der Waals surface area contributed by atoms with E-state index in [-0.39, 0.29) is 11.6 Å². The molecule has 98 valence electrons. The van der Waals surface area contributed by atoms with E-state index in [0.717, 1.165) is 13.4 Å². The lowest BCUT2D eigenvalue weighted by molar-refractivity contribution is 0.102. The minimum absolute atomic E-state index is 0.259. The fourth-order valence-corrected chi connectivity index (χ4v) is 3.98. The van der Waals surface area contributed by atoms with Gasteiger partial charge in [0.25, 0.3) is 5.91 Å². The standard InChI is InChI=1S/C12H6Br3ClN2O/c13-6-3-8(14)11(9(15)4-6)18-12(19)10-5-7(16)1-2-17-10/h1-5H,(H,18,19). The molecule has 3 nitrogen and oxygen atoms in total. The molecule has 0 saturated carbocycles. The number of aromatic nitrogens is 1. The van der Waals surface area contributed by atoms with Crippen LogP contribution in [0.5, 0.6) is 0 Å². The van der Waals surface area contributed by atoms with Gasteiger partial charge in [0.2, 0.25) is 0 Å². The van der Waals surface area contributed by atoms with Crippen molar-refractivity contribution in [2.75, 3.05) is 5.32 Å². The summed E-state index contributed by atoms with van der Waals surface area (Å²) in [4.78, 5) is 16.0. The van der Waals surface area contributed by atoms with Crippen LogP contribution in [-0.4, -0.2) is 10.9 Å². The van der Waals surface area contributed by atoms with Crippen molar-refractivity contribution in [1.29, 1.82) is 0 Å². The van der Waals surface area contributed by atoms with E-state index in [1.54, 1.807) is 6.07 Å². The van der Waals surface area contributed by atoms with E-state index in [0.29, 0.717) is 10.7 Å². The van der Waals surface area contributed by atoms with Crippen LogP contribution < -0.4 is 5.32 Å². The molecular weight excluding hydrogens is 463 g/mol. The third-order valence-electron chi connectivity index (χ3n) is 2.20. The number of pyridine rings is 1. The van der Waals surface area contributed by atoms with Gasteiger partial charge in [-0.1, -0.05) is 27.5 Å². The van der Waals surface area contributed by atoms with Gasteiger partial charge in [0, 0.05) is 24.6 Å². The summed E-state index contributed by atoms with van der Waals surface area (Å²) in [6, 6.07) is 6.80. The van der Waals surface area contributed by atoms with Crippen molar-refractivity contribution < 1.29 is 4.79 Å². The van der Waals surface area contributed by atoms with Crippen molar-refractivity contribution in [3.63, 3.8) is 0 Å². The Bertz CT molecular complexity index is 626. The zero-order chi connectivity index (χ0) is 14.0. The minimum Gasteiger partial charge on any atom is -0.319 e. The number of halogens is 4. The SMILES string of the molecule is O=C(Nc1c(Br)cc(Br)cc1Br)c1cc(Cl)ccn1. The summed E-state index contributed by atoms with van der Waals surface area (Å²) in [6.07, 6.45) is 1.49. The van der Waals surface area contributed by atoms with Crippen molar-refractivity contribution in [3.05, 3.63) is 54.6 Å². The van der Waals surface area contributed by atoms with Crippen LogP contribution in [0.4, 0.5) is 5.69 Å². The van der Waals surface area contributed by atoms with Crippen LogP contribution in [0.2, 0.25) is 5.02 Å². The molecule has 2 aromatic rings. The summed E-state index contributed by atoms with van der Waals surface area (Å²) in [5.41, 5.74) is 0.893. The first kappa shape index (κ1) is 15.0. The molecule has 2 rings (SSSR count). The third-order valence-corrected chi connectivity index (χ3v) is 4.14. The van der Waals surface area contributed by atoms with Gasteiger partial charge in [0.15, 0.2) is 0 Å². The highest BCUT2D eigenvalue weighted by atomic mass is 79.9. The maximum absolute atomic E-state index is 12.1. The average molecular weight is 469 g/mol. The smallest absolute Gasteiger partial charge is 0.274 e. The van der Waals surface area contributed by atoms with Gasteiger partial charge in [-0.25, -0.2) is 0 Å². The summed E-state index contributed by atoms with van der Waals surface area (Å²) in [6.45, 7) is 0. The van der Waals surface area contributed by atoms with E-state index in [4.69, 9.17) is 11.6 Å². The zero-order valence-electron chi connectivity index (χ0n) is 9.25. The van der Waals surface area contributed by atoms with Crippen LogP contribution in [0.1, 0.15) is 10.5 Å². The maximum atomic E-state index is 12.1. The summed E-state index contributed by atoms with van der Waals surface area (Å²) < 4.78 is 2.40. The second-order valence-electron chi connectivity index (χ2n) is 3.56. The van der Waals surface area contributed by atoms with E-state index in [1.807, 2.05) is 12.1 Å². The number of anilines is 1. The monoisotopic (exact) mass is 466 g/mol. The molecule has 1 aromatic heterocycles. The molecule has 0 atom stereocenters. The lowest BCUT2D eigenvalue weighted by Crippen LogP contribution is -2.14. The second kappa shape index (κ2) is 6.35. The van der Waals surface area contributed by atoms with E-state index < -0.39 is 0 Å². The van der Waals surface area contributed by atoms with Gasteiger partial charge >= 0.3 is 0 Å². The van der Waals surface area contributed by atoms with Crippen molar-refractivity contribution in [2.24, 2.45) is 0 Å². The molecule has 0 aliphatic rings. The number of hydrogen-bond donors (Lipinski definition) is 1. The normalized spacial score (nSPS) is 10.3. The Morgan fingerprint density at radius 3 is 2.37 bits per heavy atom. The van der Waals surface area contributed by atoms with Crippen molar-refractivity contribution in [3.8, 4) is 0 Å². The first-order valence-electron chi connectivity index (χ1n) is 5.05. The van der Waals surface area contributed by atoms with Gasteiger partial charge in [-0.05, 0) is 56.1 Å². The lowest BCUT2D eigenvalue weighted by atomic mass is 10.3. The van der Waals surface area contributed by atoms with E-state index in [9.17, 15) is 4.79 Å². The molecule has 0 radical (unpaired) electrons. The van der Waals surface area contributed by atoms with E-state index in [2.05, 4.69) is 58.1 Å². The van der Waals surface area contributed by atoms with Crippen LogP contribution in [0, 0.1) is 0 Å². The summed E-state index contributed by atoms with van der Waals surface area (Å²) in [7, 11) is 0. The molecular formula is C12H6Br3ClN2O. The largest absolute Gasteiger partial charge is 0.319 e. The van der Waals surface area contributed by atoms with Crippen molar-refractivity contribution in [2.45, 2.75) is 0 Å². The molecule has 1 heterocycles. The third kappa shape index (κ3) is 3.78. The predicted octanol–water partition coefficient (Wildman–Crippen LogP) is 5.27. The molecule has 0 bridgehead atoms. The van der Waals surface area contributed by atoms with Gasteiger partial charge in [0.05, 0.1) is 5.69 Å². The van der Waals surface area contributed by atoms with Crippen LogP contribution in [0.15, 0.2) is 43.9 Å². The Labute approximate surface area is 140 Å². The lowest BCUT2D eigenvalue weighted by Gasteiger charge is -2.10. The number of nitrogens with zero attached hydrogens (tertiary/aromatic N) is 1. The van der Waals surface area contributed by atoms with Gasteiger partial charge in [0.1, 0.15) is 5.69 Å². The number of hydrogen-bond acceptors (Lipinski definition) is 2. The Balaban J connectivity index is 2.29. The van der Waals surface area contributed by atoms with Crippen molar-refractivity contribution in [1.82, 2.24) is 4.98 Å². The quantitative estimate of drug-likeness (QED) is 0.651. The molecule has 0 unspecified atom stereocenters.